The summed E-state index contributed by atoms with van der Waals surface area (Å²) in [6.07, 6.45) is 44.6. The summed E-state index contributed by atoms with van der Waals surface area (Å²) in [5, 5.41) is 11.6. The summed E-state index contributed by atoms with van der Waals surface area (Å²) in [4.78, 5) is 36.6. The number of unbranched alkanes of at least 4 members (excludes halogenated alkanes) is 2. The number of quaternary nitrogens is 1. The molecule has 292 valence electrons. The van der Waals surface area contributed by atoms with Crippen molar-refractivity contribution in [2.75, 3.05) is 41.0 Å². The van der Waals surface area contributed by atoms with E-state index in [1.807, 2.05) is 12.2 Å². The molecular formula is C44H69NO7. The molecule has 0 radical (unpaired) electrons. The number of hydrogen-bond acceptors (Lipinski definition) is 7. The van der Waals surface area contributed by atoms with Gasteiger partial charge in [0.25, 0.3) is 0 Å². The van der Waals surface area contributed by atoms with Gasteiger partial charge in [-0.3, -0.25) is 9.59 Å². The van der Waals surface area contributed by atoms with Crippen molar-refractivity contribution >= 4 is 17.9 Å². The highest BCUT2D eigenvalue weighted by atomic mass is 16.6. The average molecular weight is 724 g/mol. The van der Waals surface area contributed by atoms with Crippen molar-refractivity contribution in [3.05, 3.63) is 97.2 Å². The SMILES string of the molecule is CC/C=C/C/C=C/C/C=C/C/C=C/C/C=C/CCC(=O)OCC(COCCC(C(=O)[O-])[N+](C)(C)C)OC(=O)CCCC/C=C/C/C=C/C/C=C/CC. The van der Waals surface area contributed by atoms with Crippen LogP contribution < -0.4 is 5.11 Å². The molecule has 0 saturated heterocycles. The number of ether oxygens (including phenoxy) is 3. The van der Waals surface area contributed by atoms with Gasteiger partial charge in [-0.1, -0.05) is 111 Å². The number of carboxylic acid groups (broad SMARTS) is 1. The van der Waals surface area contributed by atoms with Crippen LogP contribution in [0.15, 0.2) is 97.2 Å². The van der Waals surface area contributed by atoms with Gasteiger partial charge in [0.15, 0.2) is 6.10 Å². The second kappa shape index (κ2) is 34.3. The summed E-state index contributed by atoms with van der Waals surface area (Å²) in [7, 11) is 5.35. The molecule has 0 aliphatic heterocycles. The Bertz CT molecular complexity index is 1170. The molecule has 0 aliphatic rings. The van der Waals surface area contributed by atoms with Gasteiger partial charge in [-0.2, -0.15) is 0 Å². The summed E-state index contributed by atoms with van der Waals surface area (Å²) >= 11 is 0. The zero-order chi connectivity index (χ0) is 38.5. The first-order valence-electron chi connectivity index (χ1n) is 19.3. The molecule has 2 unspecified atom stereocenters. The van der Waals surface area contributed by atoms with E-state index < -0.39 is 18.1 Å². The first-order valence-corrected chi connectivity index (χ1v) is 19.3. The lowest BCUT2D eigenvalue weighted by Crippen LogP contribution is -2.55. The summed E-state index contributed by atoms with van der Waals surface area (Å²) in [6, 6.07) is -0.747. The second-order valence-electron chi connectivity index (χ2n) is 13.4. The second-order valence-corrected chi connectivity index (χ2v) is 13.4. The molecule has 0 N–H and O–H groups in total. The molecule has 0 bridgehead atoms. The molecule has 0 spiro atoms. The minimum absolute atomic E-state index is 0.00477. The van der Waals surface area contributed by atoms with Crippen molar-refractivity contribution in [2.45, 2.75) is 122 Å². The van der Waals surface area contributed by atoms with Crippen LogP contribution in [0.2, 0.25) is 0 Å². The fourth-order valence-corrected chi connectivity index (χ4v) is 4.78. The molecule has 0 fully saturated rings. The number of carbonyl (C=O) groups is 3. The number of rotatable bonds is 32. The van der Waals surface area contributed by atoms with Gasteiger partial charge in [0, 0.05) is 19.3 Å². The largest absolute Gasteiger partial charge is 0.544 e. The number of likely N-dealkylation sites (N-methyl/N-ethyl adjacent to an activating group) is 1. The predicted octanol–water partition coefficient (Wildman–Crippen LogP) is 8.62. The van der Waals surface area contributed by atoms with Crippen LogP contribution in [0.4, 0.5) is 0 Å². The Morgan fingerprint density at radius 2 is 1.04 bits per heavy atom. The first-order chi connectivity index (χ1) is 25.1. The first kappa shape index (κ1) is 48.2. The Hall–Kier alpha value is -3.75. The number of carboxylic acids is 1. The van der Waals surface area contributed by atoms with E-state index in [2.05, 4.69) is 98.9 Å². The molecule has 0 heterocycles. The van der Waals surface area contributed by atoms with E-state index in [0.29, 0.717) is 12.8 Å². The molecule has 8 heteroatoms. The van der Waals surface area contributed by atoms with Gasteiger partial charge in [0.2, 0.25) is 0 Å². The third-order valence-electron chi connectivity index (χ3n) is 7.73. The molecule has 2 atom stereocenters. The number of aliphatic carboxylic acids is 1. The molecule has 0 rings (SSSR count). The van der Waals surface area contributed by atoms with Crippen molar-refractivity contribution in [3.8, 4) is 0 Å². The third kappa shape index (κ3) is 32.2. The van der Waals surface area contributed by atoms with Crippen molar-refractivity contribution < 1.29 is 38.2 Å². The van der Waals surface area contributed by atoms with Crippen molar-refractivity contribution in [3.63, 3.8) is 0 Å². The number of nitrogens with zero attached hydrogens (tertiary/aromatic N) is 1. The Balaban J connectivity index is 4.61. The lowest BCUT2D eigenvalue weighted by atomic mass is 10.1. The lowest BCUT2D eigenvalue weighted by molar-refractivity contribution is -0.889. The smallest absolute Gasteiger partial charge is 0.306 e. The van der Waals surface area contributed by atoms with Gasteiger partial charge in [-0.05, 0) is 77.0 Å². The van der Waals surface area contributed by atoms with Gasteiger partial charge < -0.3 is 28.6 Å². The van der Waals surface area contributed by atoms with E-state index in [-0.39, 0.29) is 55.5 Å². The Morgan fingerprint density at radius 1 is 0.577 bits per heavy atom. The number of hydrogen-bond donors (Lipinski definition) is 0. The maximum Gasteiger partial charge on any atom is 0.306 e. The number of carbonyl (C=O) groups excluding carboxylic acids is 3. The molecule has 8 nitrogen and oxygen atoms in total. The topological polar surface area (TPSA) is 102 Å². The Kier molecular flexibility index (Phi) is 31.9. The van der Waals surface area contributed by atoms with E-state index in [0.717, 1.165) is 64.2 Å². The van der Waals surface area contributed by atoms with Crippen LogP contribution in [0.3, 0.4) is 0 Å². The fraction of sp³-hybridized carbons (Fsp3) is 0.568. The van der Waals surface area contributed by atoms with Crippen LogP contribution in [0, 0.1) is 0 Å². The van der Waals surface area contributed by atoms with E-state index in [1.165, 1.54) is 0 Å². The maximum atomic E-state index is 12.6. The Labute approximate surface area is 316 Å². The fourth-order valence-electron chi connectivity index (χ4n) is 4.78. The molecule has 0 aliphatic carbocycles. The molecule has 0 aromatic carbocycles. The third-order valence-corrected chi connectivity index (χ3v) is 7.73. The van der Waals surface area contributed by atoms with Crippen LogP contribution in [-0.2, 0) is 28.6 Å². The minimum Gasteiger partial charge on any atom is -0.544 e. The van der Waals surface area contributed by atoms with Gasteiger partial charge >= 0.3 is 11.9 Å². The molecule has 0 saturated carbocycles. The summed E-state index contributed by atoms with van der Waals surface area (Å²) in [5.41, 5.74) is 0. The van der Waals surface area contributed by atoms with Gasteiger partial charge in [-0.15, -0.1) is 0 Å². The highest BCUT2D eigenvalue weighted by Crippen LogP contribution is 2.10. The quantitative estimate of drug-likeness (QED) is 0.0297. The standard InChI is InChI=1S/C44H69NO7/c1-6-8-10-12-14-16-18-20-21-22-23-25-26-28-30-32-34-42(46)51-39-40(38-50-37-36-41(44(48)49)45(3,4)5)52-43(47)35-33-31-29-27-24-19-17-15-13-11-9-7-2/h8-11,14-17,20-21,23-25,27-28,30,40-41H,6-7,12-13,18-19,22,26,29,31-39H2,1-5H3/b10-8+,11-9+,16-14+,17-15+,21-20+,25-23+,27-24+,30-28+. The highest BCUT2D eigenvalue weighted by molar-refractivity contribution is 5.70. The number of allylic oxidation sites excluding steroid dienone is 16. The molecular weight excluding hydrogens is 654 g/mol. The van der Waals surface area contributed by atoms with E-state index >= 15 is 0 Å². The molecule has 0 aromatic heterocycles. The average Bonchev–Trinajstić information content (AvgIpc) is 3.09. The van der Waals surface area contributed by atoms with Crippen LogP contribution in [0.1, 0.15) is 110 Å². The monoisotopic (exact) mass is 724 g/mol. The van der Waals surface area contributed by atoms with Crippen molar-refractivity contribution in [1.29, 1.82) is 0 Å². The number of esters is 2. The summed E-state index contributed by atoms with van der Waals surface area (Å²) in [6.45, 7) is 4.26. The van der Waals surface area contributed by atoms with E-state index in [1.54, 1.807) is 21.1 Å². The maximum absolute atomic E-state index is 12.6. The minimum atomic E-state index is -1.15. The van der Waals surface area contributed by atoms with Crippen LogP contribution in [0.5, 0.6) is 0 Å². The van der Waals surface area contributed by atoms with Gasteiger partial charge in [0.1, 0.15) is 12.6 Å². The summed E-state index contributed by atoms with van der Waals surface area (Å²) in [5.74, 6) is -1.91. The van der Waals surface area contributed by atoms with Gasteiger partial charge in [-0.25, -0.2) is 0 Å². The zero-order valence-electron chi connectivity index (χ0n) is 32.9. The molecule has 0 amide bonds. The zero-order valence-corrected chi connectivity index (χ0v) is 32.9. The van der Waals surface area contributed by atoms with E-state index in [9.17, 15) is 19.5 Å². The van der Waals surface area contributed by atoms with Gasteiger partial charge in [0.05, 0.1) is 40.3 Å². The van der Waals surface area contributed by atoms with Crippen molar-refractivity contribution in [2.24, 2.45) is 0 Å². The Morgan fingerprint density at radius 3 is 1.50 bits per heavy atom. The summed E-state index contributed by atoms with van der Waals surface area (Å²) < 4.78 is 16.9. The van der Waals surface area contributed by atoms with Crippen LogP contribution in [-0.4, -0.2) is 75.5 Å². The lowest BCUT2D eigenvalue weighted by Gasteiger charge is -2.34. The van der Waals surface area contributed by atoms with Crippen molar-refractivity contribution in [1.82, 2.24) is 0 Å². The molecule has 0 aromatic rings. The van der Waals surface area contributed by atoms with Crippen LogP contribution in [0.25, 0.3) is 0 Å². The van der Waals surface area contributed by atoms with Crippen LogP contribution >= 0.6 is 0 Å². The highest BCUT2D eigenvalue weighted by Gasteiger charge is 2.25. The predicted molar refractivity (Wildman–Crippen MR) is 212 cm³/mol. The van der Waals surface area contributed by atoms with E-state index in [4.69, 9.17) is 14.2 Å². The molecule has 52 heavy (non-hydrogen) atoms. The normalized spacial score (nSPS) is 14.1.